The van der Waals surface area contributed by atoms with E-state index in [2.05, 4.69) is 0 Å². The molecule has 0 saturated carbocycles. The molecule has 2 N–H and O–H groups in total. The van der Waals surface area contributed by atoms with Crippen molar-refractivity contribution in [3.63, 3.8) is 0 Å². The zero-order valence-corrected chi connectivity index (χ0v) is 10.9. The van der Waals surface area contributed by atoms with Gasteiger partial charge in [-0.3, -0.25) is 0 Å². The van der Waals surface area contributed by atoms with Crippen molar-refractivity contribution in [2.45, 2.75) is 18.2 Å². The van der Waals surface area contributed by atoms with Crippen LogP contribution in [0.25, 0.3) is 11.0 Å². The number of benzene rings is 1. The van der Waals surface area contributed by atoms with Gasteiger partial charge in [0.05, 0.1) is 11.3 Å². The number of hydrogen-bond acceptors (Lipinski definition) is 4. The van der Waals surface area contributed by atoms with Gasteiger partial charge in [-0.2, -0.15) is 0 Å². The fourth-order valence-electron chi connectivity index (χ4n) is 1.71. The van der Waals surface area contributed by atoms with Gasteiger partial charge in [-0.05, 0) is 19.1 Å². The molecule has 1 aromatic heterocycles. The summed E-state index contributed by atoms with van der Waals surface area (Å²) in [4.78, 5) is 0. The van der Waals surface area contributed by atoms with Crippen LogP contribution in [0.2, 0.25) is 0 Å². The zero-order valence-electron chi connectivity index (χ0n) is 10.1. The molecule has 2 unspecified atom stereocenters. The summed E-state index contributed by atoms with van der Waals surface area (Å²) in [5, 5.41) is -0.220. The summed E-state index contributed by atoms with van der Waals surface area (Å²) in [6.07, 6.45) is 1.11. The molecule has 0 aliphatic rings. The van der Waals surface area contributed by atoms with Gasteiger partial charge in [0.15, 0.2) is 21.2 Å². The smallest absolute Gasteiger partial charge is 0.169 e. The number of hydrogen-bond donors (Lipinski definition) is 1. The second-order valence-corrected chi connectivity index (χ2v) is 6.77. The topological polar surface area (TPSA) is 73.3 Å². The molecule has 0 aliphatic carbocycles. The molecule has 0 amide bonds. The van der Waals surface area contributed by atoms with E-state index in [0.717, 1.165) is 6.26 Å². The van der Waals surface area contributed by atoms with Crippen molar-refractivity contribution in [3.8, 4) is 0 Å². The van der Waals surface area contributed by atoms with E-state index in [4.69, 9.17) is 10.2 Å². The maximum Gasteiger partial charge on any atom is 0.169 e. The number of fused-ring (bicyclic) bond motifs is 1. The maximum absolute atomic E-state index is 13.4. The summed E-state index contributed by atoms with van der Waals surface area (Å²) >= 11 is 0. The summed E-state index contributed by atoms with van der Waals surface area (Å²) in [7, 11) is -3.28. The SMILES string of the molecule is CC(C(N)c1cc2cccc(F)c2o1)S(C)(=O)=O. The van der Waals surface area contributed by atoms with Crippen LogP contribution in [0.5, 0.6) is 0 Å². The fraction of sp³-hybridized carbons (Fsp3) is 0.333. The van der Waals surface area contributed by atoms with Crippen LogP contribution in [0.3, 0.4) is 0 Å². The first-order valence-corrected chi connectivity index (χ1v) is 7.38. The minimum atomic E-state index is -3.28. The van der Waals surface area contributed by atoms with E-state index in [1.807, 2.05) is 0 Å². The number of rotatable bonds is 3. The van der Waals surface area contributed by atoms with Crippen molar-refractivity contribution in [2.75, 3.05) is 6.26 Å². The number of halogens is 1. The molecule has 0 bridgehead atoms. The molecule has 1 aromatic carbocycles. The van der Waals surface area contributed by atoms with Gasteiger partial charge in [0.25, 0.3) is 0 Å². The van der Waals surface area contributed by atoms with Gasteiger partial charge in [-0.25, -0.2) is 12.8 Å². The lowest BCUT2D eigenvalue weighted by atomic mass is 10.1. The molecule has 0 radical (unpaired) electrons. The molecule has 0 saturated heterocycles. The van der Waals surface area contributed by atoms with Crippen molar-refractivity contribution >= 4 is 20.8 Å². The van der Waals surface area contributed by atoms with Gasteiger partial charge < -0.3 is 10.2 Å². The lowest BCUT2D eigenvalue weighted by molar-refractivity contribution is 0.468. The Morgan fingerprint density at radius 3 is 2.61 bits per heavy atom. The molecule has 2 rings (SSSR count). The fourth-order valence-corrected chi connectivity index (χ4v) is 2.38. The van der Waals surface area contributed by atoms with E-state index in [0.29, 0.717) is 5.39 Å². The van der Waals surface area contributed by atoms with E-state index < -0.39 is 26.9 Å². The second-order valence-electron chi connectivity index (χ2n) is 4.37. The monoisotopic (exact) mass is 271 g/mol. The van der Waals surface area contributed by atoms with Gasteiger partial charge in [-0.1, -0.05) is 12.1 Å². The minimum Gasteiger partial charge on any atom is -0.456 e. The predicted molar refractivity (Wildman–Crippen MR) is 67.4 cm³/mol. The van der Waals surface area contributed by atoms with Gasteiger partial charge in [0.2, 0.25) is 0 Å². The van der Waals surface area contributed by atoms with Gasteiger partial charge >= 0.3 is 0 Å². The predicted octanol–water partition coefficient (Wildman–Crippen LogP) is 2.00. The average molecular weight is 271 g/mol. The highest BCUT2D eigenvalue weighted by Gasteiger charge is 2.27. The highest BCUT2D eigenvalue weighted by molar-refractivity contribution is 7.91. The second kappa shape index (κ2) is 4.37. The number of furan rings is 1. The van der Waals surface area contributed by atoms with Gasteiger partial charge in [-0.15, -0.1) is 0 Å². The third-order valence-corrected chi connectivity index (χ3v) is 4.67. The van der Waals surface area contributed by atoms with Crippen molar-refractivity contribution < 1.29 is 17.2 Å². The number of para-hydroxylation sites is 1. The van der Waals surface area contributed by atoms with Crippen LogP contribution in [0.15, 0.2) is 28.7 Å². The first-order valence-electron chi connectivity index (χ1n) is 5.43. The van der Waals surface area contributed by atoms with Crippen molar-refractivity contribution in [3.05, 3.63) is 35.8 Å². The lowest BCUT2D eigenvalue weighted by Gasteiger charge is -2.15. The molecular weight excluding hydrogens is 257 g/mol. The van der Waals surface area contributed by atoms with Gasteiger partial charge in [0.1, 0.15) is 5.76 Å². The largest absolute Gasteiger partial charge is 0.456 e. The van der Waals surface area contributed by atoms with Crippen LogP contribution in [-0.2, 0) is 9.84 Å². The molecule has 2 aromatic rings. The summed E-state index contributed by atoms with van der Waals surface area (Å²) in [6.45, 7) is 1.50. The molecule has 0 aliphatic heterocycles. The molecule has 98 valence electrons. The van der Waals surface area contributed by atoms with E-state index in [1.54, 1.807) is 18.2 Å². The van der Waals surface area contributed by atoms with E-state index >= 15 is 0 Å². The minimum absolute atomic E-state index is 0.101. The molecule has 2 atom stereocenters. The Balaban J connectivity index is 2.46. The highest BCUT2D eigenvalue weighted by Crippen LogP contribution is 2.27. The third kappa shape index (κ3) is 2.26. The quantitative estimate of drug-likeness (QED) is 0.926. The van der Waals surface area contributed by atoms with E-state index in [1.165, 1.54) is 13.0 Å². The summed E-state index contributed by atoms with van der Waals surface area (Å²) in [5.41, 5.74) is 5.94. The van der Waals surface area contributed by atoms with Crippen LogP contribution in [0.1, 0.15) is 18.7 Å². The standard InChI is InChI=1S/C12H14FNO3S/c1-7(18(2,15)16)11(14)10-6-8-4-3-5-9(13)12(8)17-10/h3-7,11H,14H2,1-2H3. The van der Waals surface area contributed by atoms with Crippen molar-refractivity contribution in [2.24, 2.45) is 5.73 Å². The van der Waals surface area contributed by atoms with Gasteiger partial charge in [0, 0.05) is 11.6 Å². The Kier molecular flexibility index (Phi) is 3.16. The van der Waals surface area contributed by atoms with Crippen LogP contribution >= 0.6 is 0 Å². The Morgan fingerprint density at radius 2 is 2.06 bits per heavy atom. The molecule has 0 fully saturated rings. The maximum atomic E-state index is 13.4. The first-order chi connectivity index (χ1) is 8.30. The van der Waals surface area contributed by atoms with Crippen molar-refractivity contribution in [1.29, 1.82) is 0 Å². The van der Waals surface area contributed by atoms with E-state index in [-0.39, 0.29) is 11.3 Å². The number of nitrogens with two attached hydrogens (primary N) is 1. The summed E-state index contributed by atoms with van der Waals surface area (Å²) in [6, 6.07) is 5.28. The van der Waals surface area contributed by atoms with Crippen LogP contribution < -0.4 is 5.73 Å². The third-order valence-electron chi connectivity index (χ3n) is 3.02. The average Bonchev–Trinajstić information content (AvgIpc) is 2.71. The molecule has 6 heteroatoms. The Hall–Kier alpha value is -1.40. The number of sulfone groups is 1. The summed E-state index contributed by atoms with van der Waals surface area (Å²) < 4.78 is 41.6. The Labute approximate surface area is 104 Å². The van der Waals surface area contributed by atoms with Crippen LogP contribution in [0, 0.1) is 5.82 Å². The Morgan fingerprint density at radius 1 is 1.39 bits per heavy atom. The Bertz CT molecular complexity index is 678. The lowest BCUT2D eigenvalue weighted by Crippen LogP contribution is -2.30. The highest BCUT2D eigenvalue weighted by atomic mass is 32.2. The molecule has 18 heavy (non-hydrogen) atoms. The van der Waals surface area contributed by atoms with Crippen molar-refractivity contribution in [1.82, 2.24) is 0 Å². The van der Waals surface area contributed by atoms with Crippen LogP contribution in [-0.4, -0.2) is 19.9 Å². The normalized spacial score (nSPS) is 15.8. The summed E-state index contributed by atoms with van der Waals surface area (Å²) in [5.74, 6) is -0.217. The molecule has 0 spiro atoms. The van der Waals surface area contributed by atoms with E-state index in [9.17, 15) is 12.8 Å². The first kappa shape index (κ1) is 13.0. The molecular formula is C12H14FNO3S. The van der Waals surface area contributed by atoms with Crippen LogP contribution in [0.4, 0.5) is 4.39 Å². The molecule has 4 nitrogen and oxygen atoms in total. The molecule has 1 heterocycles. The zero-order chi connectivity index (χ0) is 13.5.